The second-order valence-corrected chi connectivity index (χ2v) is 4.34. The zero-order valence-electron chi connectivity index (χ0n) is 11.3. The lowest BCUT2D eigenvalue weighted by molar-refractivity contribution is -0.292. The van der Waals surface area contributed by atoms with E-state index < -0.39 is 24.3 Å². The van der Waals surface area contributed by atoms with E-state index in [1.807, 2.05) is 0 Å². The lowest BCUT2D eigenvalue weighted by atomic mass is 9.91. The molecule has 1 aromatic carbocycles. The minimum atomic E-state index is -5.42. The van der Waals surface area contributed by atoms with E-state index in [2.05, 4.69) is 5.32 Å². The molecule has 0 amide bonds. The van der Waals surface area contributed by atoms with Crippen LogP contribution < -0.4 is 10.1 Å². The first kappa shape index (κ1) is 17.6. The Morgan fingerprint density at radius 1 is 1.05 bits per heavy atom. The largest absolute Gasteiger partial charge is 0.496 e. The van der Waals surface area contributed by atoms with Crippen LogP contribution in [0.5, 0.6) is 5.75 Å². The molecule has 0 aliphatic heterocycles. The Morgan fingerprint density at radius 3 is 2.00 bits per heavy atom. The van der Waals surface area contributed by atoms with Crippen molar-refractivity contribution in [1.29, 1.82) is 0 Å². The molecule has 0 bridgehead atoms. The number of ether oxygens (including phenoxy) is 1. The molecule has 0 saturated carbocycles. The van der Waals surface area contributed by atoms with E-state index in [4.69, 9.17) is 4.74 Å². The lowest BCUT2D eigenvalue weighted by Gasteiger charge is -2.32. The number of benzene rings is 1. The Kier molecular flexibility index (Phi) is 5.49. The van der Waals surface area contributed by atoms with E-state index in [0.717, 1.165) is 0 Å². The van der Waals surface area contributed by atoms with Crippen molar-refractivity contribution >= 4 is 0 Å². The molecular formula is C13H15F6NO. The number of para-hydroxylation sites is 1. The summed E-state index contributed by atoms with van der Waals surface area (Å²) >= 11 is 0. The number of methoxy groups -OCH3 is 1. The normalized spacial score (nSPS) is 14.3. The molecule has 0 radical (unpaired) electrons. The van der Waals surface area contributed by atoms with Crippen LogP contribution in [0.25, 0.3) is 0 Å². The van der Waals surface area contributed by atoms with Crippen molar-refractivity contribution in [1.82, 2.24) is 5.32 Å². The number of alkyl halides is 6. The lowest BCUT2D eigenvalue weighted by Crippen LogP contribution is -2.46. The minimum Gasteiger partial charge on any atom is -0.496 e. The van der Waals surface area contributed by atoms with Crippen LogP contribution in [-0.2, 0) is 0 Å². The summed E-state index contributed by atoms with van der Waals surface area (Å²) in [5.74, 6) is -3.54. The molecule has 1 N–H and O–H groups in total. The SMILES string of the molecule is CCNC(c1ccccc1OC)C(C(F)(F)F)C(F)(F)F. The molecule has 8 heteroatoms. The van der Waals surface area contributed by atoms with Gasteiger partial charge in [-0.1, -0.05) is 25.1 Å². The van der Waals surface area contributed by atoms with Gasteiger partial charge in [0.2, 0.25) is 0 Å². The first-order valence-electron chi connectivity index (χ1n) is 6.12. The van der Waals surface area contributed by atoms with Crippen molar-refractivity contribution in [2.75, 3.05) is 13.7 Å². The van der Waals surface area contributed by atoms with Gasteiger partial charge < -0.3 is 10.1 Å². The molecule has 0 spiro atoms. The summed E-state index contributed by atoms with van der Waals surface area (Å²) in [7, 11) is 1.19. The van der Waals surface area contributed by atoms with Crippen LogP contribution in [0.1, 0.15) is 18.5 Å². The molecule has 0 aromatic heterocycles. The molecule has 2 nitrogen and oxygen atoms in total. The van der Waals surface area contributed by atoms with Gasteiger partial charge in [-0.2, -0.15) is 26.3 Å². The minimum absolute atomic E-state index is 0.0260. The quantitative estimate of drug-likeness (QED) is 0.827. The number of hydrogen-bond acceptors (Lipinski definition) is 2. The zero-order valence-corrected chi connectivity index (χ0v) is 11.3. The Labute approximate surface area is 118 Å². The van der Waals surface area contributed by atoms with Gasteiger partial charge in [0.15, 0.2) is 5.92 Å². The van der Waals surface area contributed by atoms with E-state index >= 15 is 0 Å². The fraction of sp³-hybridized carbons (Fsp3) is 0.538. The van der Waals surface area contributed by atoms with Crippen molar-refractivity contribution in [2.24, 2.45) is 5.92 Å². The van der Waals surface area contributed by atoms with E-state index in [1.165, 1.54) is 38.3 Å². The monoisotopic (exact) mass is 315 g/mol. The fourth-order valence-corrected chi connectivity index (χ4v) is 2.11. The molecule has 0 aliphatic carbocycles. The molecule has 1 aromatic rings. The summed E-state index contributed by atoms with van der Waals surface area (Å²) in [6, 6.07) is 3.39. The smallest absolute Gasteiger partial charge is 0.402 e. The summed E-state index contributed by atoms with van der Waals surface area (Å²) in [6.45, 7) is 1.39. The fourth-order valence-electron chi connectivity index (χ4n) is 2.11. The summed E-state index contributed by atoms with van der Waals surface area (Å²) in [4.78, 5) is 0. The van der Waals surface area contributed by atoms with Crippen molar-refractivity contribution < 1.29 is 31.1 Å². The summed E-state index contributed by atoms with van der Waals surface area (Å²) in [6.07, 6.45) is -10.8. The van der Waals surface area contributed by atoms with Crippen molar-refractivity contribution in [3.05, 3.63) is 29.8 Å². The third-order valence-electron chi connectivity index (χ3n) is 2.94. The molecule has 0 heterocycles. The van der Waals surface area contributed by atoms with Gasteiger partial charge in [-0.05, 0) is 12.6 Å². The molecule has 0 saturated heterocycles. The second-order valence-electron chi connectivity index (χ2n) is 4.34. The standard InChI is InChI=1S/C13H15F6NO/c1-3-20-10(8-6-4-5-7-9(8)21-2)11(12(14,15)16)13(17,18)19/h4-7,10-11,20H,3H2,1-2H3. The topological polar surface area (TPSA) is 21.3 Å². The van der Waals surface area contributed by atoms with Gasteiger partial charge >= 0.3 is 12.4 Å². The average Bonchev–Trinajstić information content (AvgIpc) is 2.35. The van der Waals surface area contributed by atoms with Crippen LogP contribution in [0.15, 0.2) is 24.3 Å². The Hall–Kier alpha value is -1.44. The van der Waals surface area contributed by atoms with Crippen molar-refractivity contribution in [3.63, 3.8) is 0 Å². The van der Waals surface area contributed by atoms with Gasteiger partial charge in [-0.3, -0.25) is 0 Å². The van der Waals surface area contributed by atoms with Gasteiger partial charge in [-0.25, -0.2) is 0 Å². The molecule has 1 unspecified atom stereocenters. The van der Waals surface area contributed by atoms with Gasteiger partial charge in [0, 0.05) is 5.56 Å². The molecule has 1 rings (SSSR count). The number of halogens is 6. The van der Waals surface area contributed by atoms with Crippen LogP contribution in [0.4, 0.5) is 26.3 Å². The molecule has 120 valence electrons. The Balaban J connectivity index is 3.38. The van der Waals surface area contributed by atoms with E-state index in [9.17, 15) is 26.3 Å². The van der Waals surface area contributed by atoms with Crippen LogP contribution in [0.2, 0.25) is 0 Å². The van der Waals surface area contributed by atoms with E-state index in [-0.39, 0.29) is 17.9 Å². The highest BCUT2D eigenvalue weighted by atomic mass is 19.4. The molecule has 0 aliphatic rings. The highest BCUT2D eigenvalue weighted by molar-refractivity contribution is 5.36. The maximum absolute atomic E-state index is 12.9. The highest BCUT2D eigenvalue weighted by Gasteiger charge is 2.60. The zero-order chi connectivity index (χ0) is 16.3. The van der Waals surface area contributed by atoms with Gasteiger partial charge in [0.05, 0.1) is 13.2 Å². The third-order valence-corrected chi connectivity index (χ3v) is 2.94. The summed E-state index contributed by atoms with van der Waals surface area (Å²) < 4.78 is 82.3. The van der Waals surface area contributed by atoms with Crippen LogP contribution >= 0.6 is 0 Å². The molecule has 0 fully saturated rings. The maximum Gasteiger partial charge on any atom is 0.402 e. The number of hydrogen-bond donors (Lipinski definition) is 1. The number of nitrogens with one attached hydrogen (secondary N) is 1. The Morgan fingerprint density at radius 2 is 1.57 bits per heavy atom. The van der Waals surface area contributed by atoms with Crippen molar-refractivity contribution in [3.8, 4) is 5.75 Å². The first-order chi connectivity index (χ1) is 9.62. The summed E-state index contributed by atoms with van der Waals surface area (Å²) in [5, 5.41) is 2.27. The second kappa shape index (κ2) is 6.55. The maximum atomic E-state index is 12.9. The third kappa shape index (κ3) is 4.26. The van der Waals surface area contributed by atoms with E-state index in [1.54, 1.807) is 0 Å². The highest BCUT2D eigenvalue weighted by Crippen LogP contribution is 2.47. The average molecular weight is 315 g/mol. The van der Waals surface area contributed by atoms with Gasteiger partial charge in [-0.15, -0.1) is 0 Å². The van der Waals surface area contributed by atoms with Crippen molar-refractivity contribution in [2.45, 2.75) is 25.3 Å². The predicted molar refractivity (Wildman–Crippen MR) is 65.0 cm³/mol. The predicted octanol–water partition coefficient (Wildman–Crippen LogP) is 4.09. The van der Waals surface area contributed by atoms with Gasteiger partial charge in [0.25, 0.3) is 0 Å². The molecular weight excluding hydrogens is 300 g/mol. The Bertz CT molecular complexity index is 443. The van der Waals surface area contributed by atoms with Gasteiger partial charge in [0.1, 0.15) is 5.75 Å². The number of rotatable bonds is 5. The summed E-state index contributed by atoms with van der Waals surface area (Å²) in [5.41, 5.74) is -0.179. The first-order valence-corrected chi connectivity index (χ1v) is 6.12. The van der Waals surface area contributed by atoms with E-state index in [0.29, 0.717) is 0 Å². The molecule has 1 atom stereocenters. The van der Waals surface area contributed by atoms with Crippen LogP contribution in [-0.4, -0.2) is 26.0 Å². The van der Waals surface area contributed by atoms with Crippen LogP contribution in [0, 0.1) is 5.92 Å². The van der Waals surface area contributed by atoms with Crippen LogP contribution in [0.3, 0.4) is 0 Å². The molecule has 21 heavy (non-hydrogen) atoms.